The Balaban J connectivity index is 2.25. The average molecular weight is 181 g/mol. The summed E-state index contributed by atoms with van der Waals surface area (Å²) in [5.74, 6) is 1.11. The van der Waals surface area contributed by atoms with Crippen molar-refractivity contribution in [1.29, 1.82) is 0 Å². The van der Waals surface area contributed by atoms with Gasteiger partial charge in [0, 0.05) is 10.9 Å². The molecule has 66 valence electrons. The normalized spacial score (nSPS) is 12.8. The highest BCUT2D eigenvalue weighted by atomic mass is 32.2. The van der Waals surface area contributed by atoms with E-state index in [2.05, 4.69) is 24.3 Å². The maximum atomic E-state index is 5.64. The van der Waals surface area contributed by atoms with E-state index in [0.29, 0.717) is 6.04 Å². The Hall–Kier alpha value is -0.470. The molecule has 1 aromatic carbocycles. The molecule has 1 rings (SSSR count). The molecule has 0 aliphatic carbocycles. The molecule has 2 N–H and O–H groups in total. The quantitative estimate of drug-likeness (QED) is 0.722. The number of nitrogens with two attached hydrogens (primary N) is 1. The van der Waals surface area contributed by atoms with E-state index in [9.17, 15) is 0 Å². The standard InChI is InChI=1S/C10H15NS/c1-9(11)7-8-12-10-5-3-2-4-6-10/h2-6,9H,7-8,11H2,1H3/t9-/m0/s1. The summed E-state index contributed by atoms with van der Waals surface area (Å²) < 4.78 is 0. The third-order valence-electron chi connectivity index (χ3n) is 1.59. The van der Waals surface area contributed by atoms with Crippen molar-refractivity contribution >= 4 is 11.8 Å². The highest BCUT2D eigenvalue weighted by Gasteiger charge is 1.95. The van der Waals surface area contributed by atoms with Gasteiger partial charge >= 0.3 is 0 Å². The van der Waals surface area contributed by atoms with E-state index in [1.807, 2.05) is 24.8 Å². The van der Waals surface area contributed by atoms with Crippen LogP contribution >= 0.6 is 11.8 Å². The minimum absolute atomic E-state index is 0.321. The van der Waals surface area contributed by atoms with Crippen molar-refractivity contribution in [3.8, 4) is 0 Å². The van der Waals surface area contributed by atoms with Crippen LogP contribution in [0.1, 0.15) is 13.3 Å². The Morgan fingerprint density at radius 3 is 2.58 bits per heavy atom. The second kappa shape index (κ2) is 5.22. The van der Waals surface area contributed by atoms with Crippen LogP contribution in [0.15, 0.2) is 35.2 Å². The van der Waals surface area contributed by atoms with Gasteiger partial charge in [-0.25, -0.2) is 0 Å². The number of hydrogen-bond acceptors (Lipinski definition) is 2. The zero-order valence-electron chi connectivity index (χ0n) is 7.36. The molecule has 0 heterocycles. The highest BCUT2D eigenvalue weighted by Crippen LogP contribution is 2.17. The highest BCUT2D eigenvalue weighted by molar-refractivity contribution is 7.99. The lowest BCUT2D eigenvalue weighted by atomic mass is 10.3. The molecule has 0 amide bonds. The summed E-state index contributed by atoms with van der Waals surface area (Å²) in [6.45, 7) is 2.05. The zero-order chi connectivity index (χ0) is 8.81. The van der Waals surface area contributed by atoms with Gasteiger partial charge in [0.2, 0.25) is 0 Å². The van der Waals surface area contributed by atoms with E-state index in [1.54, 1.807) is 0 Å². The van der Waals surface area contributed by atoms with Gasteiger partial charge in [-0.05, 0) is 31.2 Å². The van der Waals surface area contributed by atoms with Crippen molar-refractivity contribution in [1.82, 2.24) is 0 Å². The molecule has 0 spiro atoms. The second-order valence-electron chi connectivity index (χ2n) is 2.93. The predicted molar refractivity (Wildman–Crippen MR) is 55.4 cm³/mol. The van der Waals surface area contributed by atoms with Crippen LogP contribution < -0.4 is 5.73 Å². The Morgan fingerprint density at radius 1 is 1.33 bits per heavy atom. The summed E-state index contributed by atoms with van der Waals surface area (Å²) in [6.07, 6.45) is 1.08. The van der Waals surface area contributed by atoms with Crippen LogP contribution in [0.3, 0.4) is 0 Å². The molecule has 12 heavy (non-hydrogen) atoms. The Kier molecular flexibility index (Phi) is 4.19. The molecule has 0 radical (unpaired) electrons. The van der Waals surface area contributed by atoms with E-state index in [4.69, 9.17) is 5.73 Å². The van der Waals surface area contributed by atoms with Crippen molar-refractivity contribution in [3.63, 3.8) is 0 Å². The monoisotopic (exact) mass is 181 g/mol. The summed E-state index contributed by atoms with van der Waals surface area (Å²) in [5, 5.41) is 0. The molecule has 0 unspecified atom stereocenters. The number of hydrogen-bond donors (Lipinski definition) is 1. The van der Waals surface area contributed by atoms with Gasteiger partial charge < -0.3 is 5.73 Å². The number of benzene rings is 1. The first-order chi connectivity index (χ1) is 5.79. The number of rotatable bonds is 4. The van der Waals surface area contributed by atoms with Gasteiger partial charge in [0.05, 0.1) is 0 Å². The Labute approximate surface area is 78.4 Å². The second-order valence-corrected chi connectivity index (χ2v) is 4.10. The van der Waals surface area contributed by atoms with Gasteiger partial charge in [-0.15, -0.1) is 11.8 Å². The van der Waals surface area contributed by atoms with Crippen LogP contribution in [0, 0.1) is 0 Å². The summed E-state index contributed by atoms with van der Waals surface area (Å²) in [4.78, 5) is 1.33. The van der Waals surface area contributed by atoms with Gasteiger partial charge in [0.1, 0.15) is 0 Å². The largest absolute Gasteiger partial charge is 0.328 e. The van der Waals surface area contributed by atoms with Crippen molar-refractivity contribution in [3.05, 3.63) is 30.3 Å². The third kappa shape index (κ3) is 3.79. The molecule has 0 fully saturated rings. The fraction of sp³-hybridized carbons (Fsp3) is 0.400. The number of thioether (sulfide) groups is 1. The first kappa shape index (κ1) is 9.62. The van der Waals surface area contributed by atoms with E-state index in [0.717, 1.165) is 12.2 Å². The smallest absolute Gasteiger partial charge is 0.00719 e. The van der Waals surface area contributed by atoms with Crippen LogP contribution in [-0.2, 0) is 0 Å². The molecule has 0 aliphatic rings. The fourth-order valence-electron chi connectivity index (χ4n) is 0.879. The molecule has 0 bridgehead atoms. The fourth-order valence-corrected chi connectivity index (χ4v) is 1.95. The summed E-state index contributed by atoms with van der Waals surface area (Å²) >= 11 is 1.87. The molecule has 0 aromatic heterocycles. The molecule has 1 atom stereocenters. The van der Waals surface area contributed by atoms with Crippen LogP contribution in [0.4, 0.5) is 0 Å². The van der Waals surface area contributed by atoms with Gasteiger partial charge in [0.25, 0.3) is 0 Å². The summed E-state index contributed by atoms with van der Waals surface area (Å²) in [6, 6.07) is 10.7. The maximum absolute atomic E-state index is 5.64. The van der Waals surface area contributed by atoms with E-state index >= 15 is 0 Å². The van der Waals surface area contributed by atoms with E-state index < -0.39 is 0 Å². The van der Waals surface area contributed by atoms with Crippen molar-refractivity contribution in [2.45, 2.75) is 24.3 Å². The van der Waals surface area contributed by atoms with Gasteiger partial charge in [-0.3, -0.25) is 0 Å². The molecule has 1 aromatic rings. The SMILES string of the molecule is C[C@H](N)CCSc1ccccc1. The first-order valence-corrected chi connectivity index (χ1v) is 5.21. The van der Waals surface area contributed by atoms with Gasteiger partial charge in [0.15, 0.2) is 0 Å². The average Bonchev–Trinajstić information content (AvgIpc) is 2.05. The molecule has 2 heteroatoms. The van der Waals surface area contributed by atoms with E-state index in [-0.39, 0.29) is 0 Å². The molecule has 1 nitrogen and oxygen atoms in total. The van der Waals surface area contributed by atoms with Crippen LogP contribution in [0.25, 0.3) is 0 Å². The molecule has 0 saturated carbocycles. The minimum Gasteiger partial charge on any atom is -0.328 e. The molecule has 0 saturated heterocycles. The van der Waals surface area contributed by atoms with Crippen molar-refractivity contribution in [2.24, 2.45) is 5.73 Å². The molecular formula is C10H15NS. The maximum Gasteiger partial charge on any atom is 0.00719 e. The predicted octanol–water partition coefficient (Wildman–Crippen LogP) is 2.52. The molecule has 0 aliphatic heterocycles. The molecular weight excluding hydrogens is 166 g/mol. The third-order valence-corrected chi connectivity index (χ3v) is 2.63. The lowest BCUT2D eigenvalue weighted by molar-refractivity contribution is 0.721. The van der Waals surface area contributed by atoms with E-state index in [1.165, 1.54) is 4.90 Å². The van der Waals surface area contributed by atoms with Gasteiger partial charge in [-0.1, -0.05) is 18.2 Å². The minimum atomic E-state index is 0.321. The van der Waals surface area contributed by atoms with Crippen LogP contribution in [-0.4, -0.2) is 11.8 Å². The van der Waals surface area contributed by atoms with Crippen molar-refractivity contribution < 1.29 is 0 Å². The van der Waals surface area contributed by atoms with Crippen LogP contribution in [0.2, 0.25) is 0 Å². The van der Waals surface area contributed by atoms with Crippen LogP contribution in [0.5, 0.6) is 0 Å². The lowest BCUT2D eigenvalue weighted by Crippen LogP contribution is -2.15. The summed E-state index contributed by atoms with van der Waals surface area (Å²) in [7, 11) is 0. The lowest BCUT2D eigenvalue weighted by Gasteiger charge is -2.03. The Bertz CT molecular complexity index is 208. The Morgan fingerprint density at radius 2 is 2.00 bits per heavy atom. The summed E-state index contributed by atoms with van der Waals surface area (Å²) in [5.41, 5.74) is 5.64. The van der Waals surface area contributed by atoms with Gasteiger partial charge in [-0.2, -0.15) is 0 Å². The van der Waals surface area contributed by atoms with Crippen molar-refractivity contribution in [2.75, 3.05) is 5.75 Å². The zero-order valence-corrected chi connectivity index (χ0v) is 8.18. The first-order valence-electron chi connectivity index (χ1n) is 4.22. The topological polar surface area (TPSA) is 26.0 Å².